The number of aryl methyl sites for hydroxylation is 1. The van der Waals surface area contributed by atoms with Crippen LogP contribution in [0.5, 0.6) is 0 Å². The Morgan fingerprint density at radius 1 is 0.950 bits per heavy atom. The predicted octanol–water partition coefficient (Wildman–Crippen LogP) is 5.47. The third kappa shape index (κ3) is 2.65. The van der Waals surface area contributed by atoms with Crippen molar-refractivity contribution in [1.29, 1.82) is 0 Å². The van der Waals surface area contributed by atoms with Crippen LogP contribution >= 0.6 is 27.5 Å². The Labute approximate surface area is 131 Å². The van der Waals surface area contributed by atoms with E-state index in [1.807, 2.05) is 43.3 Å². The Kier molecular flexibility index (Phi) is 3.64. The second-order valence-corrected chi connectivity index (χ2v) is 5.92. The number of aromatic nitrogens is 2. The fourth-order valence-corrected chi connectivity index (χ4v) is 2.48. The van der Waals surface area contributed by atoms with E-state index in [9.17, 15) is 0 Å². The van der Waals surface area contributed by atoms with Crippen molar-refractivity contribution in [3.05, 3.63) is 63.7 Å². The zero-order valence-corrected chi connectivity index (χ0v) is 13.2. The summed E-state index contributed by atoms with van der Waals surface area (Å²) in [5.74, 6) is 0.858. The van der Waals surface area contributed by atoms with E-state index in [-0.39, 0.29) is 0 Å². The zero-order valence-electron chi connectivity index (χ0n) is 10.8. The summed E-state index contributed by atoms with van der Waals surface area (Å²) >= 11 is 9.36. The minimum absolute atomic E-state index is 0.727. The summed E-state index contributed by atoms with van der Waals surface area (Å²) in [5, 5.41) is 0.727. The normalized spacial score (nSPS) is 10.8. The van der Waals surface area contributed by atoms with Crippen LogP contribution in [0.3, 0.4) is 0 Å². The molecule has 1 heterocycles. The molecule has 0 saturated heterocycles. The molecule has 0 aliphatic heterocycles. The summed E-state index contributed by atoms with van der Waals surface area (Å²) in [6.07, 6.45) is 0. The van der Waals surface area contributed by atoms with Crippen molar-refractivity contribution >= 4 is 27.5 Å². The van der Waals surface area contributed by atoms with E-state index in [1.54, 1.807) is 0 Å². The highest BCUT2D eigenvalue weighted by molar-refractivity contribution is 9.10. The Morgan fingerprint density at radius 3 is 2.20 bits per heavy atom. The van der Waals surface area contributed by atoms with Crippen LogP contribution in [0.2, 0.25) is 5.02 Å². The van der Waals surface area contributed by atoms with Gasteiger partial charge in [0.05, 0.1) is 5.69 Å². The molecule has 20 heavy (non-hydrogen) atoms. The van der Waals surface area contributed by atoms with Gasteiger partial charge < -0.3 is 4.98 Å². The highest BCUT2D eigenvalue weighted by atomic mass is 79.9. The Balaban J connectivity index is 2.02. The number of hydrogen-bond acceptors (Lipinski definition) is 1. The molecule has 2 nitrogen and oxygen atoms in total. The van der Waals surface area contributed by atoms with E-state index in [1.165, 1.54) is 0 Å². The molecule has 4 heteroatoms. The topological polar surface area (TPSA) is 28.7 Å². The summed E-state index contributed by atoms with van der Waals surface area (Å²) in [6.45, 7) is 2.03. The fraction of sp³-hybridized carbons (Fsp3) is 0.0625. The lowest BCUT2D eigenvalue weighted by Crippen LogP contribution is -1.81. The molecular weight excluding hydrogens is 336 g/mol. The van der Waals surface area contributed by atoms with Gasteiger partial charge in [0.2, 0.25) is 0 Å². The van der Waals surface area contributed by atoms with Gasteiger partial charge in [0.25, 0.3) is 0 Å². The lowest BCUT2D eigenvalue weighted by molar-refractivity contribution is 1.26. The first-order valence-corrected chi connectivity index (χ1v) is 7.39. The first-order valence-electron chi connectivity index (χ1n) is 6.22. The summed E-state index contributed by atoms with van der Waals surface area (Å²) in [6, 6.07) is 15.8. The van der Waals surface area contributed by atoms with Gasteiger partial charge in [-0.2, -0.15) is 0 Å². The quantitative estimate of drug-likeness (QED) is 0.654. The molecule has 2 aromatic carbocycles. The molecule has 1 aromatic heterocycles. The predicted molar refractivity (Wildman–Crippen MR) is 86.9 cm³/mol. The number of imidazole rings is 1. The molecule has 3 rings (SSSR count). The van der Waals surface area contributed by atoms with Gasteiger partial charge in [-0.05, 0) is 43.3 Å². The van der Waals surface area contributed by atoms with Crippen LogP contribution in [0, 0.1) is 6.92 Å². The van der Waals surface area contributed by atoms with Gasteiger partial charge in [0.15, 0.2) is 0 Å². The van der Waals surface area contributed by atoms with E-state index in [4.69, 9.17) is 16.6 Å². The molecule has 0 aliphatic rings. The lowest BCUT2D eigenvalue weighted by atomic mass is 10.1. The van der Waals surface area contributed by atoms with Crippen LogP contribution < -0.4 is 0 Å². The molecule has 0 unspecified atom stereocenters. The summed E-state index contributed by atoms with van der Waals surface area (Å²) in [5.41, 5.74) is 4.16. The third-order valence-electron chi connectivity index (χ3n) is 3.12. The monoisotopic (exact) mass is 346 g/mol. The van der Waals surface area contributed by atoms with Crippen LogP contribution in [-0.2, 0) is 0 Å². The summed E-state index contributed by atoms with van der Waals surface area (Å²) < 4.78 is 1.06. The van der Waals surface area contributed by atoms with Crippen LogP contribution in [0.1, 0.15) is 5.69 Å². The molecular formula is C16H12BrClN2. The van der Waals surface area contributed by atoms with E-state index >= 15 is 0 Å². The number of aromatic amines is 1. The van der Waals surface area contributed by atoms with Crippen LogP contribution in [-0.4, -0.2) is 9.97 Å². The highest BCUT2D eigenvalue weighted by Gasteiger charge is 2.10. The maximum Gasteiger partial charge on any atom is 0.138 e. The molecule has 3 aromatic rings. The Morgan fingerprint density at radius 2 is 1.55 bits per heavy atom. The van der Waals surface area contributed by atoms with Crippen molar-refractivity contribution in [2.75, 3.05) is 0 Å². The number of benzene rings is 2. The van der Waals surface area contributed by atoms with Crippen molar-refractivity contribution in [2.24, 2.45) is 0 Å². The van der Waals surface area contributed by atoms with Crippen molar-refractivity contribution < 1.29 is 0 Å². The molecule has 0 saturated carbocycles. The molecule has 100 valence electrons. The van der Waals surface area contributed by atoms with Gasteiger partial charge in [-0.25, -0.2) is 4.98 Å². The number of H-pyrrole nitrogens is 1. The number of halogens is 2. The highest BCUT2D eigenvalue weighted by Crippen LogP contribution is 2.27. The van der Waals surface area contributed by atoms with Crippen LogP contribution in [0.15, 0.2) is 53.0 Å². The number of nitrogens with one attached hydrogen (secondary N) is 1. The summed E-state index contributed by atoms with van der Waals surface area (Å²) in [4.78, 5) is 8.02. The van der Waals surface area contributed by atoms with Crippen molar-refractivity contribution in [3.8, 4) is 22.6 Å². The van der Waals surface area contributed by atoms with E-state index in [2.05, 4.69) is 33.0 Å². The van der Waals surface area contributed by atoms with Crippen LogP contribution in [0.4, 0.5) is 0 Å². The smallest absolute Gasteiger partial charge is 0.138 e. The second kappa shape index (κ2) is 5.43. The Hall–Kier alpha value is -1.58. The minimum atomic E-state index is 0.727. The van der Waals surface area contributed by atoms with Gasteiger partial charge in [-0.1, -0.05) is 39.7 Å². The number of hydrogen-bond donors (Lipinski definition) is 1. The second-order valence-electron chi connectivity index (χ2n) is 4.57. The first kappa shape index (κ1) is 13.4. The standard InChI is InChI=1S/C16H12BrClN2/c1-10-15(11-2-6-13(17)7-3-11)20-16(19-10)12-4-8-14(18)9-5-12/h2-9H,1H3,(H,19,20). The molecule has 0 radical (unpaired) electrons. The van der Waals surface area contributed by atoms with Gasteiger partial charge in [0.1, 0.15) is 5.82 Å². The van der Waals surface area contributed by atoms with E-state index in [0.29, 0.717) is 0 Å². The molecule has 0 atom stereocenters. The average molecular weight is 348 g/mol. The zero-order chi connectivity index (χ0) is 14.1. The number of rotatable bonds is 2. The maximum atomic E-state index is 5.91. The molecule has 0 amide bonds. The molecule has 0 aliphatic carbocycles. The molecule has 0 spiro atoms. The van der Waals surface area contributed by atoms with E-state index in [0.717, 1.165) is 37.8 Å². The third-order valence-corrected chi connectivity index (χ3v) is 3.90. The van der Waals surface area contributed by atoms with Gasteiger partial charge in [-0.3, -0.25) is 0 Å². The van der Waals surface area contributed by atoms with Crippen molar-refractivity contribution in [1.82, 2.24) is 9.97 Å². The molecule has 0 fully saturated rings. The van der Waals surface area contributed by atoms with Crippen molar-refractivity contribution in [3.63, 3.8) is 0 Å². The van der Waals surface area contributed by atoms with E-state index < -0.39 is 0 Å². The van der Waals surface area contributed by atoms with Crippen LogP contribution in [0.25, 0.3) is 22.6 Å². The van der Waals surface area contributed by atoms with Gasteiger partial charge in [0, 0.05) is 26.3 Å². The number of nitrogens with zero attached hydrogens (tertiary/aromatic N) is 1. The first-order chi connectivity index (χ1) is 9.63. The molecule has 1 N–H and O–H groups in total. The maximum absolute atomic E-state index is 5.91. The summed E-state index contributed by atoms with van der Waals surface area (Å²) in [7, 11) is 0. The average Bonchev–Trinajstić information content (AvgIpc) is 2.82. The van der Waals surface area contributed by atoms with Crippen molar-refractivity contribution in [2.45, 2.75) is 6.92 Å². The lowest BCUT2D eigenvalue weighted by Gasteiger charge is -1.98. The largest absolute Gasteiger partial charge is 0.342 e. The minimum Gasteiger partial charge on any atom is -0.342 e. The van der Waals surface area contributed by atoms with Gasteiger partial charge in [-0.15, -0.1) is 0 Å². The molecule has 0 bridgehead atoms. The Bertz CT molecular complexity index is 730. The fourth-order valence-electron chi connectivity index (χ4n) is 2.09. The SMILES string of the molecule is Cc1[nH]c(-c2ccc(Cl)cc2)nc1-c1ccc(Br)cc1. The van der Waals surface area contributed by atoms with Gasteiger partial charge >= 0.3 is 0 Å².